The lowest BCUT2D eigenvalue weighted by Gasteiger charge is -2.18. The highest BCUT2D eigenvalue weighted by atomic mass is 32.2. The Bertz CT molecular complexity index is 446. The van der Waals surface area contributed by atoms with E-state index in [0.717, 1.165) is 10.6 Å². The summed E-state index contributed by atoms with van der Waals surface area (Å²) in [6.07, 6.45) is 0. The molecule has 0 aliphatic rings. The lowest BCUT2D eigenvalue weighted by molar-refractivity contribution is -0.120. The number of carbonyl (C=O) groups excluding carboxylic acids is 2. The molecule has 0 unspecified atom stereocenters. The van der Waals surface area contributed by atoms with Crippen molar-refractivity contribution in [2.75, 3.05) is 7.11 Å². The molecule has 0 saturated heterocycles. The van der Waals surface area contributed by atoms with Crippen LogP contribution in [0, 0.1) is 5.92 Å². The number of nitrogens with one attached hydrogen (secondary N) is 1. The normalized spacial score (nSPS) is 12.0. The molecule has 19 heavy (non-hydrogen) atoms. The number of carbonyl (C=O) groups is 2. The minimum Gasteiger partial charge on any atom is -0.497 e. The standard InChI is InChI=1S/C13H18N2O3S/c1-8(2)11(12(16)15-13(14)17)19-10-6-4-9(18-3)5-7-10/h4-8,11H,1-3H3,(H3,14,15,16,17)/t11-/m0/s1. The predicted octanol–water partition coefficient (Wildman–Crippen LogP) is 2.01. The van der Waals surface area contributed by atoms with Crippen molar-refractivity contribution >= 4 is 23.7 Å². The van der Waals surface area contributed by atoms with E-state index in [9.17, 15) is 9.59 Å². The first-order chi connectivity index (χ1) is 8.93. The van der Waals surface area contributed by atoms with Crippen molar-refractivity contribution in [3.05, 3.63) is 24.3 Å². The minimum absolute atomic E-state index is 0.0754. The number of amides is 3. The maximum absolute atomic E-state index is 11.9. The first-order valence-corrected chi connectivity index (χ1v) is 6.73. The fourth-order valence-electron chi connectivity index (χ4n) is 1.49. The molecule has 1 rings (SSSR count). The largest absolute Gasteiger partial charge is 0.497 e. The molecular formula is C13H18N2O3S. The Morgan fingerprint density at radius 2 is 1.84 bits per heavy atom. The molecule has 0 aromatic heterocycles. The molecule has 0 heterocycles. The van der Waals surface area contributed by atoms with Crippen molar-refractivity contribution < 1.29 is 14.3 Å². The number of ether oxygens (including phenoxy) is 1. The Morgan fingerprint density at radius 1 is 1.26 bits per heavy atom. The number of rotatable bonds is 5. The number of primary amides is 1. The predicted molar refractivity (Wildman–Crippen MR) is 75.2 cm³/mol. The molecule has 5 nitrogen and oxygen atoms in total. The van der Waals surface area contributed by atoms with Gasteiger partial charge in [-0.25, -0.2) is 4.79 Å². The zero-order valence-corrected chi connectivity index (χ0v) is 12.0. The van der Waals surface area contributed by atoms with Gasteiger partial charge in [0, 0.05) is 4.90 Å². The van der Waals surface area contributed by atoms with Gasteiger partial charge in [0.2, 0.25) is 5.91 Å². The van der Waals surface area contributed by atoms with Crippen molar-refractivity contribution in [1.82, 2.24) is 5.32 Å². The fourth-order valence-corrected chi connectivity index (χ4v) is 2.51. The summed E-state index contributed by atoms with van der Waals surface area (Å²) < 4.78 is 5.07. The maximum atomic E-state index is 11.9. The van der Waals surface area contributed by atoms with E-state index in [1.807, 2.05) is 38.1 Å². The molecule has 0 aliphatic carbocycles. The number of benzene rings is 1. The molecule has 3 N–H and O–H groups in total. The van der Waals surface area contributed by atoms with Gasteiger partial charge in [0.15, 0.2) is 0 Å². The quantitative estimate of drug-likeness (QED) is 0.809. The van der Waals surface area contributed by atoms with E-state index in [1.165, 1.54) is 11.8 Å². The number of nitrogens with two attached hydrogens (primary N) is 1. The van der Waals surface area contributed by atoms with Gasteiger partial charge in [0.25, 0.3) is 0 Å². The van der Waals surface area contributed by atoms with Crippen molar-refractivity contribution in [2.24, 2.45) is 11.7 Å². The summed E-state index contributed by atoms with van der Waals surface area (Å²) in [6.45, 7) is 3.84. The van der Waals surface area contributed by atoms with Crippen LogP contribution in [0.15, 0.2) is 29.2 Å². The first kappa shape index (κ1) is 15.4. The Hall–Kier alpha value is -1.69. The van der Waals surface area contributed by atoms with Crippen LogP contribution in [-0.4, -0.2) is 24.3 Å². The van der Waals surface area contributed by atoms with E-state index < -0.39 is 6.03 Å². The lowest BCUT2D eigenvalue weighted by Crippen LogP contribution is -2.42. The van der Waals surface area contributed by atoms with Crippen LogP contribution in [0.4, 0.5) is 4.79 Å². The minimum atomic E-state index is -0.828. The smallest absolute Gasteiger partial charge is 0.318 e. The van der Waals surface area contributed by atoms with Crippen molar-refractivity contribution in [3.63, 3.8) is 0 Å². The molecule has 0 bridgehead atoms. The Balaban J connectivity index is 2.77. The molecule has 0 fully saturated rings. The van der Waals surface area contributed by atoms with Gasteiger partial charge in [-0.05, 0) is 30.2 Å². The molecule has 0 radical (unpaired) electrons. The van der Waals surface area contributed by atoms with Crippen LogP contribution in [0.5, 0.6) is 5.75 Å². The van der Waals surface area contributed by atoms with E-state index >= 15 is 0 Å². The fraction of sp³-hybridized carbons (Fsp3) is 0.385. The van der Waals surface area contributed by atoms with Crippen molar-refractivity contribution in [2.45, 2.75) is 24.0 Å². The summed E-state index contributed by atoms with van der Waals surface area (Å²) in [7, 11) is 1.60. The van der Waals surface area contributed by atoms with Crippen LogP contribution in [0.1, 0.15) is 13.8 Å². The van der Waals surface area contributed by atoms with Crippen LogP contribution >= 0.6 is 11.8 Å². The van der Waals surface area contributed by atoms with Gasteiger partial charge >= 0.3 is 6.03 Å². The SMILES string of the molecule is COc1ccc(S[C@H](C(=O)NC(N)=O)C(C)C)cc1. The average molecular weight is 282 g/mol. The highest BCUT2D eigenvalue weighted by Crippen LogP contribution is 2.29. The van der Waals surface area contributed by atoms with Gasteiger partial charge in [-0.3, -0.25) is 10.1 Å². The summed E-state index contributed by atoms with van der Waals surface area (Å²) in [4.78, 5) is 23.5. The number of methoxy groups -OCH3 is 1. The van der Waals surface area contributed by atoms with Crippen LogP contribution < -0.4 is 15.8 Å². The molecule has 3 amide bonds. The van der Waals surface area contributed by atoms with Crippen molar-refractivity contribution in [3.8, 4) is 5.75 Å². The molecule has 0 aliphatic heterocycles. The molecule has 104 valence electrons. The van der Waals surface area contributed by atoms with Gasteiger partial charge in [0.05, 0.1) is 12.4 Å². The zero-order chi connectivity index (χ0) is 14.4. The second-order valence-electron chi connectivity index (χ2n) is 4.31. The van der Waals surface area contributed by atoms with E-state index in [4.69, 9.17) is 10.5 Å². The van der Waals surface area contributed by atoms with E-state index in [1.54, 1.807) is 7.11 Å². The number of urea groups is 1. The second kappa shape index (κ2) is 7.04. The monoisotopic (exact) mass is 282 g/mol. The van der Waals surface area contributed by atoms with Gasteiger partial charge in [-0.1, -0.05) is 13.8 Å². The van der Waals surface area contributed by atoms with Crippen LogP contribution in [-0.2, 0) is 4.79 Å². The second-order valence-corrected chi connectivity index (χ2v) is 5.53. The summed E-state index contributed by atoms with van der Waals surface area (Å²) in [5.41, 5.74) is 4.97. The van der Waals surface area contributed by atoms with Gasteiger partial charge < -0.3 is 10.5 Å². The lowest BCUT2D eigenvalue weighted by atomic mass is 10.1. The number of imide groups is 1. The number of thioether (sulfide) groups is 1. The summed E-state index contributed by atoms with van der Waals surface area (Å²) >= 11 is 1.39. The molecule has 1 aromatic rings. The number of hydrogen-bond acceptors (Lipinski definition) is 4. The Kier molecular flexibility index (Phi) is 5.69. The Morgan fingerprint density at radius 3 is 2.26 bits per heavy atom. The van der Waals surface area contributed by atoms with E-state index in [2.05, 4.69) is 5.32 Å². The van der Waals surface area contributed by atoms with Crippen LogP contribution in [0.25, 0.3) is 0 Å². The van der Waals surface area contributed by atoms with Gasteiger partial charge in [-0.15, -0.1) is 11.8 Å². The molecule has 6 heteroatoms. The third kappa shape index (κ3) is 4.82. The van der Waals surface area contributed by atoms with Gasteiger partial charge in [-0.2, -0.15) is 0 Å². The van der Waals surface area contributed by atoms with E-state index in [-0.39, 0.29) is 17.1 Å². The molecular weight excluding hydrogens is 264 g/mol. The summed E-state index contributed by atoms with van der Waals surface area (Å²) in [5, 5.41) is 1.75. The third-order valence-corrected chi connectivity index (χ3v) is 3.99. The Labute approximate surface area is 116 Å². The zero-order valence-electron chi connectivity index (χ0n) is 11.2. The number of hydrogen-bond donors (Lipinski definition) is 2. The first-order valence-electron chi connectivity index (χ1n) is 5.85. The summed E-state index contributed by atoms with van der Waals surface area (Å²) in [6, 6.07) is 6.57. The summed E-state index contributed by atoms with van der Waals surface area (Å²) in [5.74, 6) is 0.460. The highest BCUT2D eigenvalue weighted by Gasteiger charge is 2.24. The van der Waals surface area contributed by atoms with E-state index in [0.29, 0.717) is 0 Å². The van der Waals surface area contributed by atoms with Crippen molar-refractivity contribution in [1.29, 1.82) is 0 Å². The topological polar surface area (TPSA) is 81.4 Å². The molecule has 0 saturated carbocycles. The molecule has 1 atom stereocenters. The maximum Gasteiger partial charge on any atom is 0.318 e. The average Bonchev–Trinajstić information content (AvgIpc) is 2.35. The van der Waals surface area contributed by atoms with Crippen LogP contribution in [0.2, 0.25) is 0 Å². The third-order valence-electron chi connectivity index (χ3n) is 2.43. The van der Waals surface area contributed by atoms with Gasteiger partial charge in [0.1, 0.15) is 5.75 Å². The highest BCUT2D eigenvalue weighted by molar-refractivity contribution is 8.00. The molecule has 0 spiro atoms. The van der Waals surface area contributed by atoms with Crippen LogP contribution in [0.3, 0.4) is 0 Å². The molecule has 1 aromatic carbocycles.